The van der Waals surface area contributed by atoms with E-state index in [2.05, 4.69) is 4.74 Å². The van der Waals surface area contributed by atoms with E-state index in [0.717, 1.165) is 5.56 Å². The number of hydrogen-bond donors (Lipinski definition) is 1. The molecule has 88 valence electrons. The quantitative estimate of drug-likeness (QED) is 0.789. The molecule has 0 aliphatic carbocycles. The fraction of sp³-hybridized carbons (Fsp3) is 0.417. The molecule has 1 aromatic carbocycles. The molecule has 0 aromatic heterocycles. The summed E-state index contributed by atoms with van der Waals surface area (Å²) in [5.74, 6) is 0.123. The average Bonchev–Trinajstić information content (AvgIpc) is 2.28. The summed E-state index contributed by atoms with van der Waals surface area (Å²) in [7, 11) is 2.82. The SMILES string of the molecule is COC(=O)C[C@@H](O)c1cc(C)ccc1OC. The van der Waals surface area contributed by atoms with Crippen LogP contribution >= 0.6 is 0 Å². The Labute approximate surface area is 94.8 Å². The average molecular weight is 224 g/mol. The monoisotopic (exact) mass is 224 g/mol. The van der Waals surface area contributed by atoms with Gasteiger partial charge >= 0.3 is 5.97 Å². The zero-order chi connectivity index (χ0) is 12.1. The highest BCUT2D eigenvalue weighted by Gasteiger charge is 2.17. The highest BCUT2D eigenvalue weighted by molar-refractivity contribution is 5.70. The Morgan fingerprint density at radius 2 is 2.12 bits per heavy atom. The Morgan fingerprint density at radius 1 is 1.44 bits per heavy atom. The molecule has 0 fully saturated rings. The molecule has 0 unspecified atom stereocenters. The first-order valence-corrected chi connectivity index (χ1v) is 4.98. The van der Waals surface area contributed by atoms with Crippen molar-refractivity contribution >= 4 is 5.97 Å². The largest absolute Gasteiger partial charge is 0.496 e. The first-order chi connectivity index (χ1) is 7.58. The number of aliphatic hydroxyl groups excluding tert-OH is 1. The van der Waals surface area contributed by atoms with E-state index in [0.29, 0.717) is 11.3 Å². The topological polar surface area (TPSA) is 55.8 Å². The molecule has 1 N–H and O–H groups in total. The van der Waals surface area contributed by atoms with Crippen molar-refractivity contribution in [3.05, 3.63) is 29.3 Å². The number of carbonyl (C=O) groups excluding carboxylic acids is 1. The molecule has 0 saturated heterocycles. The van der Waals surface area contributed by atoms with Crippen molar-refractivity contribution in [2.24, 2.45) is 0 Å². The summed E-state index contributed by atoms with van der Waals surface area (Å²) < 4.78 is 9.63. The van der Waals surface area contributed by atoms with Crippen LogP contribution in [0.5, 0.6) is 5.75 Å². The molecule has 0 aliphatic heterocycles. The van der Waals surface area contributed by atoms with E-state index in [1.165, 1.54) is 14.2 Å². The molecule has 16 heavy (non-hydrogen) atoms. The van der Waals surface area contributed by atoms with Crippen LogP contribution in [0.3, 0.4) is 0 Å². The van der Waals surface area contributed by atoms with Crippen LogP contribution in [0.2, 0.25) is 0 Å². The lowest BCUT2D eigenvalue weighted by atomic mass is 10.0. The zero-order valence-electron chi connectivity index (χ0n) is 9.69. The fourth-order valence-corrected chi connectivity index (χ4v) is 1.47. The molecular formula is C12H16O4. The highest BCUT2D eigenvalue weighted by Crippen LogP contribution is 2.28. The maximum absolute atomic E-state index is 11.1. The minimum Gasteiger partial charge on any atom is -0.496 e. The molecule has 4 heteroatoms. The van der Waals surface area contributed by atoms with Gasteiger partial charge in [0.05, 0.1) is 26.7 Å². The van der Waals surface area contributed by atoms with Gasteiger partial charge in [0.2, 0.25) is 0 Å². The van der Waals surface area contributed by atoms with Crippen molar-refractivity contribution in [3.8, 4) is 5.75 Å². The van der Waals surface area contributed by atoms with Gasteiger partial charge in [-0.2, -0.15) is 0 Å². The molecule has 0 spiro atoms. The van der Waals surface area contributed by atoms with Crippen molar-refractivity contribution in [2.45, 2.75) is 19.4 Å². The molecular weight excluding hydrogens is 208 g/mol. The van der Waals surface area contributed by atoms with Crippen LogP contribution in [0.25, 0.3) is 0 Å². The summed E-state index contributed by atoms with van der Waals surface area (Å²) in [6, 6.07) is 5.45. The van der Waals surface area contributed by atoms with E-state index in [4.69, 9.17) is 4.74 Å². The molecule has 0 heterocycles. The number of carbonyl (C=O) groups is 1. The third-order valence-corrected chi connectivity index (χ3v) is 2.33. The standard InChI is InChI=1S/C12H16O4/c1-8-4-5-11(15-2)9(6-8)10(13)7-12(14)16-3/h4-6,10,13H,7H2,1-3H3/t10-/m1/s1. The van der Waals surface area contributed by atoms with Gasteiger partial charge in [0.15, 0.2) is 0 Å². The second-order valence-electron chi connectivity index (χ2n) is 3.54. The molecule has 0 radical (unpaired) electrons. The molecule has 0 aliphatic rings. The number of aliphatic hydroxyl groups is 1. The summed E-state index contributed by atoms with van der Waals surface area (Å²) in [5.41, 5.74) is 1.60. The predicted molar refractivity (Wildman–Crippen MR) is 59.3 cm³/mol. The maximum atomic E-state index is 11.1. The Hall–Kier alpha value is -1.55. The molecule has 1 rings (SSSR count). The first-order valence-electron chi connectivity index (χ1n) is 4.98. The third kappa shape index (κ3) is 2.97. The van der Waals surface area contributed by atoms with Gasteiger partial charge < -0.3 is 14.6 Å². The van der Waals surface area contributed by atoms with Crippen molar-refractivity contribution in [3.63, 3.8) is 0 Å². The highest BCUT2D eigenvalue weighted by atomic mass is 16.5. The van der Waals surface area contributed by atoms with Gasteiger partial charge in [-0.15, -0.1) is 0 Å². The van der Waals surface area contributed by atoms with Crippen LogP contribution in [0.15, 0.2) is 18.2 Å². The second kappa shape index (κ2) is 5.51. The van der Waals surface area contributed by atoms with Crippen molar-refractivity contribution < 1.29 is 19.4 Å². The number of ether oxygens (including phenoxy) is 2. The molecule has 1 aromatic rings. The minimum absolute atomic E-state index is 0.0731. The number of rotatable bonds is 4. The molecule has 0 amide bonds. The van der Waals surface area contributed by atoms with Crippen molar-refractivity contribution in [2.75, 3.05) is 14.2 Å². The Kier molecular flexibility index (Phi) is 4.31. The van der Waals surface area contributed by atoms with E-state index in [-0.39, 0.29) is 6.42 Å². The third-order valence-electron chi connectivity index (χ3n) is 2.33. The number of benzene rings is 1. The van der Waals surface area contributed by atoms with E-state index in [9.17, 15) is 9.90 Å². The van der Waals surface area contributed by atoms with Crippen LogP contribution in [0.1, 0.15) is 23.7 Å². The Balaban J connectivity index is 2.92. The van der Waals surface area contributed by atoms with Crippen LogP contribution < -0.4 is 4.74 Å². The smallest absolute Gasteiger partial charge is 0.308 e. The fourth-order valence-electron chi connectivity index (χ4n) is 1.47. The van der Waals surface area contributed by atoms with Crippen molar-refractivity contribution in [1.82, 2.24) is 0 Å². The summed E-state index contributed by atoms with van der Waals surface area (Å²) in [6.45, 7) is 1.91. The summed E-state index contributed by atoms with van der Waals surface area (Å²) >= 11 is 0. The van der Waals surface area contributed by atoms with Crippen LogP contribution in [0.4, 0.5) is 0 Å². The van der Waals surface area contributed by atoms with E-state index >= 15 is 0 Å². The van der Waals surface area contributed by atoms with Gasteiger partial charge in [-0.1, -0.05) is 11.6 Å². The van der Waals surface area contributed by atoms with E-state index in [1.807, 2.05) is 13.0 Å². The second-order valence-corrected chi connectivity index (χ2v) is 3.54. The summed E-state index contributed by atoms with van der Waals surface area (Å²) in [4.78, 5) is 11.1. The Morgan fingerprint density at radius 3 is 2.69 bits per heavy atom. The molecule has 4 nitrogen and oxygen atoms in total. The number of methoxy groups -OCH3 is 2. The van der Waals surface area contributed by atoms with Crippen LogP contribution in [-0.4, -0.2) is 25.3 Å². The van der Waals surface area contributed by atoms with Crippen molar-refractivity contribution in [1.29, 1.82) is 0 Å². The Bertz CT molecular complexity index is 373. The van der Waals surface area contributed by atoms with Gasteiger partial charge in [0.1, 0.15) is 5.75 Å². The van der Waals surface area contributed by atoms with Gasteiger partial charge in [0, 0.05) is 5.56 Å². The molecule has 0 saturated carbocycles. The number of esters is 1. The minimum atomic E-state index is -0.901. The zero-order valence-corrected chi connectivity index (χ0v) is 9.69. The van der Waals surface area contributed by atoms with Gasteiger partial charge in [-0.25, -0.2) is 0 Å². The molecule has 0 bridgehead atoms. The lowest BCUT2D eigenvalue weighted by Gasteiger charge is -2.14. The number of aryl methyl sites for hydroxylation is 1. The predicted octanol–water partition coefficient (Wildman–Crippen LogP) is 1.60. The summed E-state index contributed by atoms with van der Waals surface area (Å²) in [6.07, 6.45) is -0.974. The van der Waals surface area contributed by atoms with Crippen LogP contribution in [-0.2, 0) is 9.53 Å². The molecule has 1 atom stereocenters. The van der Waals surface area contributed by atoms with E-state index in [1.54, 1.807) is 12.1 Å². The van der Waals surface area contributed by atoms with E-state index < -0.39 is 12.1 Å². The normalized spacial score (nSPS) is 12.0. The van der Waals surface area contributed by atoms with Crippen LogP contribution in [0, 0.1) is 6.92 Å². The van der Waals surface area contributed by atoms with Gasteiger partial charge in [-0.3, -0.25) is 4.79 Å². The van der Waals surface area contributed by atoms with Gasteiger partial charge in [0.25, 0.3) is 0 Å². The summed E-state index contributed by atoms with van der Waals surface area (Å²) in [5, 5.41) is 9.88. The lowest BCUT2D eigenvalue weighted by Crippen LogP contribution is -2.09. The lowest BCUT2D eigenvalue weighted by molar-refractivity contribution is -0.142. The maximum Gasteiger partial charge on any atom is 0.308 e. The van der Waals surface area contributed by atoms with Gasteiger partial charge in [-0.05, 0) is 19.1 Å². The number of hydrogen-bond acceptors (Lipinski definition) is 4. The first kappa shape index (κ1) is 12.5.